The molecule has 1 saturated carbocycles. The molecule has 1 aromatic carbocycles. The zero-order valence-electron chi connectivity index (χ0n) is 10.4. The van der Waals surface area contributed by atoms with E-state index in [0.717, 1.165) is 12.8 Å². The number of anilines is 1. The van der Waals surface area contributed by atoms with Gasteiger partial charge in [-0.15, -0.1) is 0 Å². The van der Waals surface area contributed by atoms with E-state index in [1.807, 2.05) is 0 Å². The van der Waals surface area contributed by atoms with Gasteiger partial charge in [-0.2, -0.15) is 0 Å². The van der Waals surface area contributed by atoms with E-state index >= 15 is 0 Å². The Balaban J connectivity index is 2.07. The molecule has 1 aromatic rings. The number of halogens is 1. The van der Waals surface area contributed by atoms with Crippen LogP contribution in [0.1, 0.15) is 25.7 Å². The molecule has 0 aromatic heterocycles. The molecule has 1 aliphatic rings. The summed E-state index contributed by atoms with van der Waals surface area (Å²) < 4.78 is 13.0. The predicted molar refractivity (Wildman–Crippen MR) is 65.5 cm³/mol. The lowest BCUT2D eigenvalue weighted by Crippen LogP contribution is -2.42. The summed E-state index contributed by atoms with van der Waals surface area (Å²) in [6.45, 7) is 0. The number of carboxylic acids is 1. The molecule has 1 aliphatic carbocycles. The molecule has 2 rings (SSSR count). The van der Waals surface area contributed by atoms with Crippen molar-refractivity contribution >= 4 is 17.6 Å². The molecule has 2 atom stereocenters. The Morgan fingerprint density at radius 2 is 1.89 bits per heavy atom. The zero-order valence-corrected chi connectivity index (χ0v) is 10.4. The molecule has 0 heterocycles. The summed E-state index contributed by atoms with van der Waals surface area (Å²) in [7, 11) is 0. The fourth-order valence-corrected chi connectivity index (χ4v) is 2.53. The predicted octanol–water partition coefficient (Wildman–Crippen LogP) is 1.32. The number of carbonyl (C=O) groups excluding carboxylic acids is 2. The molecule has 0 radical (unpaired) electrons. The molecule has 1 fully saturated rings. The van der Waals surface area contributed by atoms with E-state index < -0.39 is 23.6 Å². The minimum absolute atomic E-state index is 0.340. The Morgan fingerprint density at radius 3 is 2.53 bits per heavy atom. The van der Waals surface area contributed by atoms with Gasteiger partial charge in [-0.05, 0) is 31.0 Å². The molecule has 5 heteroatoms. The van der Waals surface area contributed by atoms with Crippen molar-refractivity contribution in [1.29, 1.82) is 0 Å². The molecule has 102 valence electrons. The van der Waals surface area contributed by atoms with Crippen LogP contribution in [0.25, 0.3) is 0 Å². The van der Waals surface area contributed by atoms with Crippen molar-refractivity contribution in [2.45, 2.75) is 25.7 Å². The summed E-state index contributed by atoms with van der Waals surface area (Å²) in [5.41, 5.74) is 0.340. The van der Waals surface area contributed by atoms with Crippen LogP contribution in [0.2, 0.25) is 0 Å². The number of rotatable bonds is 3. The van der Waals surface area contributed by atoms with Gasteiger partial charge in [-0.25, -0.2) is 4.39 Å². The number of carbonyl (C=O) groups is 2. The zero-order chi connectivity index (χ0) is 13.8. The van der Waals surface area contributed by atoms with Gasteiger partial charge in [-0.1, -0.05) is 18.9 Å². The maximum atomic E-state index is 13.0. The van der Waals surface area contributed by atoms with E-state index in [0.29, 0.717) is 18.5 Å². The first-order chi connectivity index (χ1) is 9.08. The summed E-state index contributed by atoms with van der Waals surface area (Å²) in [5, 5.41) is 13.6. The average Bonchev–Trinajstić information content (AvgIpc) is 2.38. The lowest BCUT2D eigenvalue weighted by Gasteiger charge is -2.31. The van der Waals surface area contributed by atoms with Crippen molar-refractivity contribution in [2.75, 3.05) is 5.32 Å². The maximum Gasteiger partial charge on any atom is 0.228 e. The molecular weight excluding hydrogens is 249 g/mol. The standard InChI is InChI=1S/C14H16FNO3/c15-9-4-3-5-10(8-9)16-13(17)11-6-1-2-7-12(11)14(18)19/h3-5,8,11-12H,1-2,6-7H2,(H,16,17)(H,18,19)/p-1/t11-,12-/m0/s1. The fraction of sp³-hybridized carbons (Fsp3) is 0.429. The van der Waals surface area contributed by atoms with Crippen LogP contribution < -0.4 is 10.4 Å². The second-order valence-electron chi connectivity index (χ2n) is 4.82. The van der Waals surface area contributed by atoms with Gasteiger partial charge in [-0.3, -0.25) is 4.79 Å². The van der Waals surface area contributed by atoms with Gasteiger partial charge in [0.15, 0.2) is 0 Å². The normalized spacial score (nSPS) is 22.8. The molecule has 0 saturated heterocycles. The minimum atomic E-state index is -1.18. The van der Waals surface area contributed by atoms with Gasteiger partial charge < -0.3 is 15.2 Å². The van der Waals surface area contributed by atoms with Crippen LogP contribution in [0.5, 0.6) is 0 Å². The van der Waals surface area contributed by atoms with Gasteiger partial charge in [0.1, 0.15) is 5.82 Å². The molecule has 1 N–H and O–H groups in total. The van der Waals surface area contributed by atoms with Crippen LogP contribution in [-0.4, -0.2) is 11.9 Å². The van der Waals surface area contributed by atoms with E-state index in [9.17, 15) is 19.1 Å². The van der Waals surface area contributed by atoms with Crippen molar-refractivity contribution in [3.8, 4) is 0 Å². The number of carboxylic acid groups (broad SMARTS) is 1. The summed E-state index contributed by atoms with van der Waals surface area (Å²) in [6.07, 6.45) is 2.61. The number of benzene rings is 1. The van der Waals surface area contributed by atoms with Gasteiger partial charge in [0.2, 0.25) is 5.91 Å². The smallest absolute Gasteiger partial charge is 0.228 e. The second kappa shape index (κ2) is 5.82. The van der Waals surface area contributed by atoms with Gasteiger partial charge >= 0.3 is 0 Å². The van der Waals surface area contributed by atoms with E-state index in [1.165, 1.54) is 18.2 Å². The summed E-state index contributed by atoms with van der Waals surface area (Å²) in [5.74, 6) is -3.35. The SMILES string of the molecule is O=C([O-])[C@H]1CCCC[C@@H]1C(=O)Nc1cccc(F)c1. The quantitative estimate of drug-likeness (QED) is 0.895. The van der Waals surface area contributed by atoms with E-state index in [-0.39, 0.29) is 5.91 Å². The highest BCUT2D eigenvalue weighted by Crippen LogP contribution is 2.30. The molecule has 0 aliphatic heterocycles. The first kappa shape index (κ1) is 13.5. The minimum Gasteiger partial charge on any atom is -0.550 e. The Labute approximate surface area is 110 Å². The van der Waals surface area contributed by atoms with Crippen LogP contribution in [0, 0.1) is 17.7 Å². The third kappa shape index (κ3) is 3.30. The number of nitrogens with one attached hydrogen (secondary N) is 1. The Bertz CT molecular complexity index is 489. The Kier molecular flexibility index (Phi) is 4.14. The number of amides is 1. The van der Waals surface area contributed by atoms with Crippen LogP contribution in [-0.2, 0) is 9.59 Å². The van der Waals surface area contributed by atoms with Crippen LogP contribution in [0.15, 0.2) is 24.3 Å². The van der Waals surface area contributed by atoms with Crippen molar-refractivity contribution in [2.24, 2.45) is 11.8 Å². The van der Waals surface area contributed by atoms with Gasteiger partial charge in [0, 0.05) is 23.5 Å². The highest BCUT2D eigenvalue weighted by molar-refractivity contribution is 5.94. The van der Waals surface area contributed by atoms with Crippen LogP contribution in [0.4, 0.5) is 10.1 Å². The third-order valence-electron chi connectivity index (χ3n) is 3.50. The van der Waals surface area contributed by atoms with Gasteiger partial charge in [0.25, 0.3) is 0 Å². The van der Waals surface area contributed by atoms with Crippen molar-refractivity contribution < 1.29 is 19.1 Å². The largest absolute Gasteiger partial charge is 0.550 e. The van der Waals surface area contributed by atoms with Crippen LogP contribution >= 0.6 is 0 Å². The van der Waals surface area contributed by atoms with Crippen molar-refractivity contribution in [3.63, 3.8) is 0 Å². The Hall–Kier alpha value is -1.91. The Morgan fingerprint density at radius 1 is 1.21 bits per heavy atom. The summed E-state index contributed by atoms with van der Waals surface area (Å²) in [4.78, 5) is 23.1. The number of hydrogen-bond donors (Lipinski definition) is 1. The lowest BCUT2D eigenvalue weighted by molar-refractivity contribution is -0.313. The maximum absolute atomic E-state index is 13.0. The first-order valence-corrected chi connectivity index (χ1v) is 6.35. The number of aliphatic carboxylic acids is 1. The van der Waals surface area contributed by atoms with E-state index in [4.69, 9.17) is 0 Å². The molecular formula is C14H15FNO3-. The summed E-state index contributed by atoms with van der Waals surface area (Å²) >= 11 is 0. The topological polar surface area (TPSA) is 69.2 Å². The fourth-order valence-electron chi connectivity index (χ4n) is 2.53. The molecule has 0 bridgehead atoms. The molecule has 19 heavy (non-hydrogen) atoms. The highest BCUT2D eigenvalue weighted by atomic mass is 19.1. The first-order valence-electron chi connectivity index (χ1n) is 6.35. The average molecular weight is 264 g/mol. The number of hydrogen-bond acceptors (Lipinski definition) is 3. The third-order valence-corrected chi connectivity index (χ3v) is 3.50. The van der Waals surface area contributed by atoms with Crippen molar-refractivity contribution in [3.05, 3.63) is 30.1 Å². The molecule has 1 amide bonds. The van der Waals surface area contributed by atoms with E-state index in [2.05, 4.69) is 5.32 Å². The van der Waals surface area contributed by atoms with Crippen molar-refractivity contribution in [1.82, 2.24) is 0 Å². The second-order valence-corrected chi connectivity index (χ2v) is 4.82. The highest BCUT2D eigenvalue weighted by Gasteiger charge is 2.31. The molecule has 0 spiro atoms. The van der Waals surface area contributed by atoms with Gasteiger partial charge in [0.05, 0.1) is 0 Å². The molecule has 4 nitrogen and oxygen atoms in total. The molecule has 0 unspecified atom stereocenters. The van der Waals surface area contributed by atoms with Crippen LogP contribution in [0.3, 0.4) is 0 Å². The van der Waals surface area contributed by atoms with E-state index in [1.54, 1.807) is 6.07 Å². The lowest BCUT2D eigenvalue weighted by atomic mass is 9.78. The summed E-state index contributed by atoms with van der Waals surface area (Å²) in [6, 6.07) is 5.54. The monoisotopic (exact) mass is 264 g/mol.